The van der Waals surface area contributed by atoms with Gasteiger partial charge in [-0.2, -0.15) is 0 Å². The zero-order chi connectivity index (χ0) is 13.2. The maximum absolute atomic E-state index is 11.7. The van der Waals surface area contributed by atoms with Crippen molar-refractivity contribution in [3.8, 4) is 0 Å². The van der Waals surface area contributed by atoms with Crippen LogP contribution in [-0.4, -0.2) is 12.5 Å². The minimum absolute atomic E-state index is 0.0443. The Kier molecular flexibility index (Phi) is 7.11. The van der Waals surface area contributed by atoms with E-state index in [1.165, 1.54) is 19.3 Å². The van der Waals surface area contributed by atoms with E-state index >= 15 is 0 Å². The van der Waals surface area contributed by atoms with Gasteiger partial charge < -0.3 is 11.1 Å². The fraction of sp³-hybridized carbons (Fsp3) is 0.533. The standard InChI is InChI=1S/C15H24N2O/c1-2-3-4-8-11-17-15(18)12-14(16)13-9-6-5-7-10-13/h5-7,9-10,14H,2-4,8,11-12,16H2,1H3,(H,17,18). The summed E-state index contributed by atoms with van der Waals surface area (Å²) >= 11 is 0. The molecule has 0 saturated carbocycles. The maximum Gasteiger partial charge on any atom is 0.221 e. The SMILES string of the molecule is CCCCCCNC(=O)CC(N)c1ccccc1. The Bertz CT molecular complexity index is 338. The Labute approximate surface area is 110 Å². The van der Waals surface area contributed by atoms with Crippen molar-refractivity contribution in [3.63, 3.8) is 0 Å². The third-order valence-corrected chi connectivity index (χ3v) is 2.99. The summed E-state index contributed by atoms with van der Waals surface area (Å²) in [5.74, 6) is 0.0443. The molecule has 3 heteroatoms. The molecule has 3 N–H and O–H groups in total. The predicted octanol–water partition coefficient (Wildman–Crippen LogP) is 2.77. The molecule has 1 unspecified atom stereocenters. The maximum atomic E-state index is 11.7. The molecule has 18 heavy (non-hydrogen) atoms. The average Bonchev–Trinajstić information content (AvgIpc) is 2.39. The Morgan fingerprint density at radius 2 is 1.94 bits per heavy atom. The van der Waals surface area contributed by atoms with E-state index in [-0.39, 0.29) is 11.9 Å². The molecule has 100 valence electrons. The number of carbonyl (C=O) groups excluding carboxylic acids is 1. The first-order chi connectivity index (χ1) is 8.74. The smallest absolute Gasteiger partial charge is 0.221 e. The molecule has 0 radical (unpaired) electrons. The van der Waals surface area contributed by atoms with Crippen LogP contribution in [0.5, 0.6) is 0 Å². The van der Waals surface area contributed by atoms with Gasteiger partial charge >= 0.3 is 0 Å². The molecule has 1 aromatic rings. The molecule has 1 rings (SSSR count). The Balaban J connectivity index is 2.20. The first-order valence-electron chi connectivity index (χ1n) is 6.81. The minimum Gasteiger partial charge on any atom is -0.356 e. The van der Waals surface area contributed by atoms with E-state index in [1.807, 2.05) is 30.3 Å². The van der Waals surface area contributed by atoms with Gasteiger partial charge in [0.15, 0.2) is 0 Å². The zero-order valence-corrected chi connectivity index (χ0v) is 11.2. The van der Waals surface area contributed by atoms with Crippen LogP contribution in [-0.2, 0) is 4.79 Å². The van der Waals surface area contributed by atoms with Gasteiger partial charge in [0.1, 0.15) is 0 Å². The molecule has 0 fully saturated rings. The first-order valence-corrected chi connectivity index (χ1v) is 6.81. The summed E-state index contributed by atoms with van der Waals surface area (Å²) in [6.07, 6.45) is 5.05. The normalized spacial score (nSPS) is 12.1. The average molecular weight is 248 g/mol. The molecule has 0 spiro atoms. The molecular formula is C15H24N2O. The van der Waals surface area contributed by atoms with E-state index in [9.17, 15) is 4.79 Å². The molecule has 0 bridgehead atoms. The van der Waals surface area contributed by atoms with Crippen LogP contribution in [0.3, 0.4) is 0 Å². The van der Waals surface area contributed by atoms with Crippen LogP contribution in [0.25, 0.3) is 0 Å². The van der Waals surface area contributed by atoms with Crippen LogP contribution in [0.2, 0.25) is 0 Å². The fourth-order valence-electron chi connectivity index (χ4n) is 1.87. The Morgan fingerprint density at radius 3 is 2.61 bits per heavy atom. The van der Waals surface area contributed by atoms with Crippen molar-refractivity contribution < 1.29 is 4.79 Å². The van der Waals surface area contributed by atoms with E-state index in [4.69, 9.17) is 5.73 Å². The summed E-state index contributed by atoms with van der Waals surface area (Å²) in [7, 11) is 0. The summed E-state index contributed by atoms with van der Waals surface area (Å²) in [5.41, 5.74) is 7.00. The highest BCUT2D eigenvalue weighted by Gasteiger charge is 2.10. The van der Waals surface area contributed by atoms with Gasteiger partial charge in [0, 0.05) is 19.0 Å². The van der Waals surface area contributed by atoms with Crippen molar-refractivity contribution in [2.24, 2.45) is 5.73 Å². The second-order valence-corrected chi connectivity index (χ2v) is 4.63. The molecular weight excluding hydrogens is 224 g/mol. The number of rotatable bonds is 8. The largest absolute Gasteiger partial charge is 0.356 e. The van der Waals surface area contributed by atoms with Crippen LogP contribution in [0.15, 0.2) is 30.3 Å². The molecule has 0 aliphatic rings. The van der Waals surface area contributed by atoms with E-state index in [0.29, 0.717) is 6.42 Å². The number of hydrogen-bond acceptors (Lipinski definition) is 2. The molecule has 0 aliphatic carbocycles. The zero-order valence-electron chi connectivity index (χ0n) is 11.2. The van der Waals surface area contributed by atoms with E-state index < -0.39 is 0 Å². The molecule has 3 nitrogen and oxygen atoms in total. The minimum atomic E-state index is -0.207. The van der Waals surface area contributed by atoms with Crippen molar-refractivity contribution in [2.45, 2.75) is 45.1 Å². The van der Waals surface area contributed by atoms with E-state index in [0.717, 1.165) is 18.5 Å². The summed E-state index contributed by atoms with van der Waals surface area (Å²) in [4.78, 5) is 11.7. The van der Waals surface area contributed by atoms with Crippen LogP contribution in [0.1, 0.15) is 50.6 Å². The molecule has 1 atom stereocenters. The quantitative estimate of drug-likeness (QED) is 0.695. The van der Waals surface area contributed by atoms with Crippen molar-refractivity contribution in [2.75, 3.05) is 6.54 Å². The molecule has 1 aromatic carbocycles. The van der Waals surface area contributed by atoms with Gasteiger partial charge in [-0.05, 0) is 12.0 Å². The first kappa shape index (κ1) is 14.7. The van der Waals surface area contributed by atoms with Crippen LogP contribution in [0, 0.1) is 0 Å². The van der Waals surface area contributed by atoms with Crippen LogP contribution < -0.4 is 11.1 Å². The summed E-state index contributed by atoms with van der Waals surface area (Å²) < 4.78 is 0. The van der Waals surface area contributed by atoms with Crippen LogP contribution >= 0.6 is 0 Å². The number of benzene rings is 1. The number of hydrogen-bond donors (Lipinski definition) is 2. The van der Waals surface area contributed by atoms with Gasteiger partial charge in [0.2, 0.25) is 5.91 Å². The highest BCUT2D eigenvalue weighted by Crippen LogP contribution is 2.12. The molecule has 0 heterocycles. The summed E-state index contributed by atoms with van der Waals surface area (Å²) in [6.45, 7) is 2.94. The molecule has 0 saturated heterocycles. The number of nitrogens with two attached hydrogens (primary N) is 1. The van der Waals surface area contributed by atoms with Crippen molar-refractivity contribution in [1.82, 2.24) is 5.32 Å². The number of unbranched alkanes of at least 4 members (excludes halogenated alkanes) is 3. The van der Waals surface area contributed by atoms with E-state index in [2.05, 4.69) is 12.2 Å². The highest BCUT2D eigenvalue weighted by molar-refractivity contribution is 5.76. The highest BCUT2D eigenvalue weighted by atomic mass is 16.1. The van der Waals surface area contributed by atoms with Gasteiger partial charge in [0.05, 0.1) is 0 Å². The third kappa shape index (κ3) is 5.82. The van der Waals surface area contributed by atoms with Crippen LogP contribution in [0.4, 0.5) is 0 Å². The van der Waals surface area contributed by atoms with Crippen molar-refractivity contribution in [1.29, 1.82) is 0 Å². The van der Waals surface area contributed by atoms with Crippen molar-refractivity contribution in [3.05, 3.63) is 35.9 Å². The van der Waals surface area contributed by atoms with Gasteiger partial charge in [-0.3, -0.25) is 4.79 Å². The summed E-state index contributed by atoms with van der Waals surface area (Å²) in [6, 6.07) is 9.54. The van der Waals surface area contributed by atoms with Gasteiger partial charge in [-0.15, -0.1) is 0 Å². The number of amides is 1. The number of nitrogens with one attached hydrogen (secondary N) is 1. The number of carbonyl (C=O) groups is 1. The monoisotopic (exact) mass is 248 g/mol. The second-order valence-electron chi connectivity index (χ2n) is 4.63. The Hall–Kier alpha value is -1.35. The molecule has 0 aromatic heterocycles. The lowest BCUT2D eigenvalue weighted by Gasteiger charge is -2.12. The third-order valence-electron chi connectivity index (χ3n) is 2.99. The topological polar surface area (TPSA) is 55.1 Å². The van der Waals surface area contributed by atoms with Gasteiger partial charge in [-0.1, -0.05) is 56.5 Å². The molecule has 0 aliphatic heterocycles. The van der Waals surface area contributed by atoms with Crippen molar-refractivity contribution >= 4 is 5.91 Å². The lowest BCUT2D eigenvalue weighted by Crippen LogP contribution is -2.28. The second kappa shape index (κ2) is 8.70. The lowest BCUT2D eigenvalue weighted by atomic mass is 10.0. The Morgan fingerprint density at radius 1 is 1.22 bits per heavy atom. The summed E-state index contributed by atoms with van der Waals surface area (Å²) in [5, 5.41) is 2.92. The molecule has 1 amide bonds. The van der Waals surface area contributed by atoms with E-state index in [1.54, 1.807) is 0 Å². The van der Waals surface area contributed by atoms with Gasteiger partial charge in [0.25, 0.3) is 0 Å². The lowest BCUT2D eigenvalue weighted by molar-refractivity contribution is -0.121. The fourth-order valence-corrected chi connectivity index (χ4v) is 1.87. The predicted molar refractivity (Wildman–Crippen MR) is 75.1 cm³/mol. The van der Waals surface area contributed by atoms with Gasteiger partial charge in [-0.25, -0.2) is 0 Å².